The number of morpholine rings is 2. The number of nitrogens with zero attached hydrogens (tertiary/aromatic N) is 2. The van der Waals surface area contributed by atoms with E-state index in [0.29, 0.717) is 26.3 Å². The van der Waals surface area contributed by atoms with E-state index in [1.807, 2.05) is 30.3 Å². The molecule has 6 heteroatoms. The number of benzene rings is 1. The Balaban J connectivity index is 1.86. The van der Waals surface area contributed by atoms with Crippen LogP contribution in [0.5, 0.6) is 0 Å². The Labute approximate surface area is 129 Å². The number of rotatable bonds is 2. The summed E-state index contributed by atoms with van der Waals surface area (Å²) in [5.74, 6) is -0.184. The summed E-state index contributed by atoms with van der Waals surface area (Å²) >= 11 is 0. The number of carbonyl (C=O) groups is 2. The normalized spacial score (nSPS) is 26.1. The van der Waals surface area contributed by atoms with Crippen LogP contribution < -0.4 is 0 Å². The quantitative estimate of drug-likeness (QED) is 0.796. The van der Waals surface area contributed by atoms with Crippen LogP contribution in [-0.4, -0.2) is 67.7 Å². The Morgan fingerprint density at radius 2 is 1.86 bits per heavy atom. The smallest absolute Gasteiger partial charge is 0.254 e. The maximum absolute atomic E-state index is 12.8. The molecule has 0 aromatic heterocycles. The molecule has 1 aromatic carbocycles. The average Bonchev–Trinajstić information content (AvgIpc) is 2.58. The third-order valence-electron chi connectivity index (χ3n) is 4.19. The fourth-order valence-corrected chi connectivity index (χ4v) is 2.93. The Morgan fingerprint density at radius 3 is 2.55 bits per heavy atom. The minimum atomic E-state index is -0.664. The summed E-state index contributed by atoms with van der Waals surface area (Å²) < 4.78 is 10.9. The third kappa shape index (κ3) is 2.84. The second-order valence-corrected chi connectivity index (χ2v) is 5.53. The van der Waals surface area contributed by atoms with E-state index in [1.54, 1.807) is 16.8 Å². The van der Waals surface area contributed by atoms with Crippen LogP contribution in [-0.2, 0) is 19.1 Å². The molecule has 2 heterocycles. The van der Waals surface area contributed by atoms with Gasteiger partial charge in [-0.15, -0.1) is 0 Å². The van der Waals surface area contributed by atoms with E-state index in [2.05, 4.69) is 0 Å². The molecule has 2 aliphatic heterocycles. The third-order valence-corrected chi connectivity index (χ3v) is 4.19. The highest BCUT2D eigenvalue weighted by Crippen LogP contribution is 2.30. The second-order valence-electron chi connectivity index (χ2n) is 5.53. The fourth-order valence-electron chi connectivity index (χ4n) is 2.93. The first-order valence-corrected chi connectivity index (χ1v) is 7.47. The molecule has 22 heavy (non-hydrogen) atoms. The van der Waals surface area contributed by atoms with E-state index in [1.165, 1.54) is 0 Å². The maximum Gasteiger partial charge on any atom is 0.254 e. The van der Waals surface area contributed by atoms with Gasteiger partial charge >= 0.3 is 0 Å². The SMILES string of the molecule is CN1C(=O)CO[C@@H](C(=O)N2CCOCC2)[C@@H]1c1ccccc1. The summed E-state index contributed by atoms with van der Waals surface area (Å²) in [5, 5.41) is 0. The van der Waals surface area contributed by atoms with Gasteiger partial charge in [-0.05, 0) is 5.56 Å². The number of carbonyl (C=O) groups excluding carboxylic acids is 2. The Bertz CT molecular complexity index is 542. The monoisotopic (exact) mass is 304 g/mol. The molecular weight excluding hydrogens is 284 g/mol. The van der Waals surface area contributed by atoms with Crippen molar-refractivity contribution >= 4 is 11.8 Å². The molecule has 0 saturated carbocycles. The molecule has 1 aromatic rings. The van der Waals surface area contributed by atoms with Crippen molar-refractivity contribution in [1.82, 2.24) is 9.80 Å². The van der Waals surface area contributed by atoms with E-state index in [-0.39, 0.29) is 18.4 Å². The summed E-state index contributed by atoms with van der Waals surface area (Å²) in [6, 6.07) is 9.16. The second kappa shape index (κ2) is 6.46. The van der Waals surface area contributed by atoms with Crippen LogP contribution in [0.4, 0.5) is 0 Å². The number of hydrogen-bond acceptors (Lipinski definition) is 4. The molecule has 0 aliphatic carbocycles. The van der Waals surface area contributed by atoms with Gasteiger partial charge in [0.1, 0.15) is 6.61 Å². The van der Waals surface area contributed by atoms with E-state index >= 15 is 0 Å². The summed E-state index contributed by atoms with van der Waals surface area (Å²) in [4.78, 5) is 28.1. The van der Waals surface area contributed by atoms with Crippen LogP contribution in [0, 0.1) is 0 Å². The fraction of sp³-hybridized carbons (Fsp3) is 0.500. The molecule has 6 nitrogen and oxygen atoms in total. The molecule has 0 unspecified atom stereocenters. The highest BCUT2D eigenvalue weighted by molar-refractivity contribution is 5.86. The zero-order valence-corrected chi connectivity index (χ0v) is 12.6. The van der Waals surface area contributed by atoms with Crippen molar-refractivity contribution in [2.45, 2.75) is 12.1 Å². The Hall–Kier alpha value is -1.92. The molecule has 2 atom stereocenters. The molecule has 2 aliphatic rings. The van der Waals surface area contributed by atoms with Crippen LogP contribution in [0.3, 0.4) is 0 Å². The molecule has 118 valence electrons. The first-order valence-electron chi connectivity index (χ1n) is 7.47. The van der Waals surface area contributed by atoms with Gasteiger partial charge < -0.3 is 19.3 Å². The number of hydrogen-bond donors (Lipinski definition) is 0. The van der Waals surface area contributed by atoms with Gasteiger partial charge in [0.25, 0.3) is 5.91 Å². The summed E-state index contributed by atoms with van der Waals surface area (Å²) in [7, 11) is 1.72. The van der Waals surface area contributed by atoms with Crippen LogP contribution in [0.15, 0.2) is 30.3 Å². The predicted molar refractivity (Wildman–Crippen MR) is 79.1 cm³/mol. The van der Waals surface area contributed by atoms with Crippen molar-refractivity contribution in [3.05, 3.63) is 35.9 Å². The molecule has 0 N–H and O–H groups in total. The molecular formula is C16H20N2O4. The number of ether oxygens (including phenoxy) is 2. The first kappa shape index (κ1) is 15.0. The number of likely N-dealkylation sites (N-methyl/N-ethyl adjacent to an activating group) is 1. The van der Waals surface area contributed by atoms with Crippen LogP contribution >= 0.6 is 0 Å². The topological polar surface area (TPSA) is 59.1 Å². The molecule has 0 spiro atoms. The van der Waals surface area contributed by atoms with Gasteiger partial charge in [-0.2, -0.15) is 0 Å². The van der Waals surface area contributed by atoms with Gasteiger partial charge in [-0.1, -0.05) is 30.3 Å². The standard InChI is InChI=1S/C16H20N2O4/c1-17-13(19)11-22-15(14(17)12-5-3-2-4-6-12)16(20)18-7-9-21-10-8-18/h2-6,14-15H,7-11H2,1H3/t14-,15+/m0/s1. The lowest BCUT2D eigenvalue weighted by atomic mass is 9.97. The van der Waals surface area contributed by atoms with Crippen molar-refractivity contribution in [2.75, 3.05) is 40.0 Å². The van der Waals surface area contributed by atoms with Crippen LogP contribution in [0.25, 0.3) is 0 Å². The van der Waals surface area contributed by atoms with Crippen molar-refractivity contribution in [3.8, 4) is 0 Å². The van der Waals surface area contributed by atoms with Gasteiger partial charge in [-0.3, -0.25) is 9.59 Å². The first-order chi connectivity index (χ1) is 10.7. The van der Waals surface area contributed by atoms with Gasteiger partial charge in [-0.25, -0.2) is 0 Å². The number of amides is 2. The predicted octanol–water partition coefficient (Wildman–Crippen LogP) is 0.444. The Morgan fingerprint density at radius 1 is 1.18 bits per heavy atom. The molecule has 2 fully saturated rings. The lowest BCUT2D eigenvalue weighted by molar-refractivity contribution is -0.169. The van der Waals surface area contributed by atoms with Crippen LogP contribution in [0.2, 0.25) is 0 Å². The maximum atomic E-state index is 12.8. The van der Waals surface area contributed by atoms with Gasteiger partial charge in [0.05, 0.1) is 19.3 Å². The lowest BCUT2D eigenvalue weighted by Crippen LogP contribution is -2.55. The largest absolute Gasteiger partial charge is 0.378 e. The van der Waals surface area contributed by atoms with E-state index in [0.717, 1.165) is 5.56 Å². The van der Waals surface area contributed by atoms with Gasteiger partial charge in [0.15, 0.2) is 6.10 Å². The lowest BCUT2D eigenvalue weighted by Gasteiger charge is -2.40. The molecule has 3 rings (SSSR count). The molecule has 0 radical (unpaired) electrons. The van der Waals surface area contributed by atoms with Crippen molar-refractivity contribution in [1.29, 1.82) is 0 Å². The average molecular weight is 304 g/mol. The minimum Gasteiger partial charge on any atom is -0.378 e. The van der Waals surface area contributed by atoms with Crippen LogP contribution in [0.1, 0.15) is 11.6 Å². The summed E-state index contributed by atoms with van der Waals surface area (Å²) in [5.41, 5.74) is 0.907. The highest BCUT2D eigenvalue weighted by atomic mass is 16.5. The molecule has 0 bridgehead atoms. The molecule has 2 amide bonds. The van der Waals surface area contributed by atoms with E-state index in [9.17, 15) is 9.59 Å². The van der Waals surface area contributed by atoms with Crippen molar-refractivity contribution in [2.24, 2.45) is 0 Å². The zero-order valence-electron chi connectivity index (χ0n) is 12.6. The highest BCUT2D eigenvalue weighted by Gasteiger charge is 2.41. The van der Waals surface area contributed by atoms with E-state index < -0.39 is 12.1 Å². The minimum absolute atomic E-state index is 0.0550. The van der Waals surface area contributed by atoms with Crippen molar-refractivity contribution < 1.29 is 19.1 Å². The van der Waals surface area contributed by atoms with Gasteiger partial charge in [0, 0.05) is 20.1 Å². The zero-order chi connectivity index (χ0) is 15.5. The summed E-state index contributed by atoms with van der Waals surface area (Å²) in [6.07, 6.45) is -0.664. The van der Waals surface area contributed by atoms with Gasteiger partial charge in [0.2, 0.25) is 5.91 Å². The Kier molecular flexibility index (Phi) is 4.40. The molecule has 2 saturated heterocycles. The summed E-state index contributed by atoms with van der Waals surface area (Å²) in [6.45, 7) is 2.17. The van der Waals surface area contributed by atoms with Crippen molar-refractivity contribution in [3.63, 3.8) is 0 Å². The van der Waals surface area contributed by atoms with E-state index in [4.69, 9.17) is 9.47 Å².